The summed E-state index contributed by atoms with van der Waals surface area (Å²) >= 11 is 0. The minimum absolute atomic E-state index is 0.0472. The third-order valence-electron chi connectivity index (χ3n) is 5.31. The van der Waals surface area contributed by atoms with Gasteiger partial charge in [-0.05, 0) is 25.1 Å². The first kappa shape index (κ1) is 15.6. The summed E-state index contributed by atoms with van der Waals surface area (Å²) in [4.78, 5) is 27.0. The van der Waals surface area contributed by atoms with Crippen LogP contribution in [0, 0.1) is 0 Å². The molecule has 5 rings (SSSR count). The molecule has 1 atom stereocenters. The van der Waals surface area contributed by atoms with Gasteiger partial charge in [-0.15, -0.1) is 0 Å². The SMILES string of the molecule is [2H]C([2H])([2H])C([2H])([2H])n1cc(Nc2nccc(-c3cccc(-c4cc([C@]5(O)CCN(C)C5=O)on4)n3)n2)cn1. The van der Waals surface area contributed by atoms with Crippen LogP contribution >= 0.6 is 0 Å². The van der Waals surface area contributed by atoms with Gasteiger partial charge in [0.05, 0.1) is 31.7 Å². The number of amides is 1. The summed E-state index contributed by atoms with van der Waals surface area (Å²) in [6, 6.07) is 8.29. The molecule has 1 fully saturated rings. The highest BCUT2D eigenvalue weighted by molar-refractivity contribution is 5.87. The maximum atomic E-state index is 12.4. The van der Waals surface area contributed by atoms with Gasteiger partial charge in [0.25, 0.3) is 5.91 Å². The van der Waals surface area contributed by atoms with Gasteiger partial charge in [0, 0.05) is 49.1 Å². The van der Waals surface area contributed by atoms with Crippen molar-refractivity contribution >= 4 is 17.5 Å². The van der Waals surface area contributed by atoms with Crippen molar-refractivity contribution in [3.05, 3.63) is 54.7 Å². The molecule has 33 heavy (non-hydrogen) atoms. The molecule has 168 valence electrons. The number of likely N-dealkylation sites (N-methyl/N-ethyl adjacent to an activating group) is 1. The van der Waals surface area contributed by atoms with E-state index < -0.39 is 24.9 Å². The molecule has 0 aliphatic carbocycles. The quantitative estimate of drug-likeness (QED) is 0.452. The molecule has 0 radical (unpaired) electrons. The summed E-state index contributed by atoms with van der Waals surface area (Å²) in [5.74, 6) is -0.257. The van der Waals surface area contributed by atoms with Gasteiger partial charge in [0.15, 0.2) is 5.76 Å². The van der Waals surface area contributed by atoms with Gasteiger partial charge in [-0.2, -0.15) is 5.10 Å². The zero-order valence-corrected chi connectivity index (χ0v) is 17.4. The Morgan fingerprint density at radius 1 is 1.27 bits per heavy atom. The number of nitrogens with one attached hydrogen (secondary N) is 1. The summed E-state index contributed by atoms with van der Waals surface area (Å²) in [7, 11) is 1.61. The van der Waals surface area contributed by atoms with E-state index in [1.807, 2.05) is 0 Å². The second-order valence-corrected chi connectivity index (χ2v) is 7.50. The van der Waals surface area contributed by atoms with Crippen molar-refractivity contribution < 1.29 is 21.3 Å². The molecule has 1 amide bonds. The number of pyridine rings is 1. The number of hydrogen-bond acceptors (Lipinski definition) is 9. The topological polar surface area (TPSA) is 135 Å². The van der Waals surface area contributed by atoms with E-state index in [4.69, 9.17) is 11.4 Å². The lowest BCUT2D eigenvalue weighted by atomic mass is 9.98. The summed E-state index contributed by atoms with van der Waals surface area (Å²) in [6.45, 7) is -5.21. The number of rotatable bonds is 6. The average molecular weight is 452 g/mol. The van der Waals surface area contributed by atoms with Crippen LogP contribution in [0.3, 0.4) is 0 Å². The Bertz CT molecular complexity index is 1500. The number of nitrogens with zero attached hydrogens (tertiary/aromatic N) is 7. The zero-order valence-electron chi connectivity index (χ0n) is 22.4. The lowest BCUT2D eigenvalue weighted by Crippen LogP contribution is -2.35. The van der Waals surface area contributed by atoms with E-state index in [9.17, 15) is 9.90 Å². The van der Waals surface area contributed by atoms with Gasteiger partial charge in [0.1, 0.15) is 5.69 Å². The lowest BCUT2D eigenvalue weighted by molar-refractivity contribution is -0.144. The molecular weight excluding hydrogens is 424 g/mol. The van der Waals surface area contributed by atoms with Gasteiger partial charge in [-0.3, -0.25) is 9.48 Å². The van der Waals surface area contributed by atoms with Crippen molar-refractivity contribution in [3.63, 3.8) is 0 Å². The number of carbonyl (C=O) groups excluding carboxylic acids is 1. The highest BCUT2D eigenvalue weighted by atomic mass is 16.5. The summed E-state index contributed by atoms with van der Waals surface area (Å²) in [6.07, 6.45) is 4.17. The molecule has 0 saturated carbocycles. The molecule has 5 heterocycles. The van der Waals surface area contributed by atoms with Crippen molar-refractivity contribution in [1.82, 2.24) is 34.8 Å². The molecule has 1 aliphatic rings. The van der Waals surface area contributed by atoms with Crippen molar-refractivity contribution in [2.45, 2.75) is 25.4 Å². The van der Waals surface area contributed by atoms with E-state index in [0.717, 1.165) is 4.68 Å². The number of aliphatic hydroxyl groups is 1. The van der Waals surface area contributed by atoms with Crippen LogP contribution in [0.4, 0.5) is 11.6 Å². The van der Waals surface area contributed by atoms with Crippen LogP contribution in [0.15, 0.2) is 53.4 Å². The monoisotopic (exact) mass is 451 g/mol. The minimum Gasteiger partial charge on any atom is -0.373 e. The fraction of sp³-hybridized carbons (Fsp3) is 0.273. The van der Waals surface area contributed by atoms with Crippen LogP contribution in [0.25, 0.3) is 22.8 Å². The third kappa shape index (κ3) is 3.82. The van der Waals surface area contributed by atoms with Crippen LogP contribution in [0.2, 0.25) is 0 Å². The van der Waals surface area contributed by atoms with E-state index in [2.05, 4.69) is 30.5 Å². The van der Waals surface area contributed by atoms with E-state index >= 15 is 0 Å². The number of likely N-dealkylation sites (tertiary alicyclic amines) is 1. The van der Waals surface area contributed by atoms with Crippen molar-refractivity contribution in [2.24, 2.45) is 0 Å². The van der Waals surface area contributed by atoms with Gasteiger partial charge < -0.3 is 19.8 Å². The molecule has 4 aromatic heterocycles. The number of aromatic nitrogens is 6. The smallest absolute Gasteiger partial charge is 0.262 e. The number of carbonyl (C=O) groups is 1. The molecule has 0 bridgehead atoms. The van der Waals surface area contributed by atoms with E-state index in [-0.39, 0.29) is 23.8 Å². The number of hydrogen-bond donors (Lipinski definition) is 2. The number of aryl methyl sites for hydroxylation is 1. The Labute approximate surface area is 196 Å². The Morgan fingerprint density at radius 3 is 2.88 bits per heavy atom. The highest BCUT2D eigenvalue weighted by Crippen LogP contribution is 2.34. The molecule has 2 N–H and O–H groups in total. The van der Waals surface area contributed by atoms with Crippen LogP contribution in [-0.4, -0.2) is 59.4 Å². The van der Waals surface area contributed by atoms with Crippen LogP contribution in [0.1, 0.15) is 25.9 Å². The van der Waals surface area contributed by atoms with Crippen molar-refractivity contribution in [1.29, 1.82) is 0 Å². The zero-order chi connectivity index (χ0) is 27.3. The van der Waals surface area contributed by atoms with Gasteiger partial charge >= 0.3 is 0 Å². The van der Waals surface area contributed by atoms with Crippen molar-refractivity contribution in [3.8, 4) is 22.8 Å². The maximum Gasteiger partial charge on any atom is 0.262 e. The number of anilines is 2. The Morgan fingerprint density at radius 2 is 2.09 bits per heavy atom. The Balaban J connectivity index is 1.37. The molecule has 0 spiro atoms. The molecule has 1 aliphatic heterocycles. The van der Waals surface area contributed by atoms with E-state index in [0.29, 0.717) is 29.3 Å². The molecule has 0 aromatic carbocycles. The van der Waals surface area contributed by atoms with E-state index in [1.54, 1.807) is 31.3 Å². The first-order valence-electron chi connectivity index (χ1n) is 12.5. The first-order chi connectivity index (χ1) is 17.9. The van der Waals surface area contributed by atoms with Crippen molar-refractivity contribution in [2.75, 3.05) is 18.9 Å². The van der Waals surface area contributed by atoms with Gasteiger partial charge in [-0.25, -0.2) is 15.0 Å². The Kier molecular flexibility index (Phi) is 3.84. The first-order valence-corrected chi connectivity index (χ1v) is 9.97. The lowest BCUT2D eigenvalue weighted by Gasteiger charge is -2.16. The average Bonchev–Trinajstić information content (AvgIpc) is 3.62. The molecule has 11 nitrogen and oxygen atoms in total. The Hall–Kier alpha value is -4.12. The van der Waals surface area contributed by atoms with Gasteiger partial charge in [-0.1, -0.05) is 11.2 Å². The van der Waals surface area contributed by atoms with Gasteiger partial charge in [0.2, 0.25) is 11.5 Å². The molecule has 4 aromatic rings. The normalized spacial score (nSPS) is 21.2. The maximum absolute atomic E-state index is 12.4. The predicted molar refractivity (Wildman–Crippen MR) is 118 cm³/mol. The molecule has 1 saturated heterocycles. The molecule has 0 unspecified atom stereocenters. The van der Waals surface area contributed by atoms with Crippen LogP contribution < -0.4 is 5.32 Å². The molecule has 11 heteroatoms. The fourth-order valence-electron chi connectivity index (χ4n) is 3.53. The van der Waals surface area contributed by atoms with Crippen LogP contribution in [0.5, 0.6) is 0 Å². The van der Waals surface area contributed by atoms with E-state index in [1.165, 1.54) is 29.6 Å². The summed E-state index contributed by atoms with van der Waals surface area (Å²) in [5.41, 5.74) is 0.216. The summed E-state index contributed by atoms with van der Waals surface area (Å²) in [5, 5.41) is 21.5. The van der Waals surface area contributed by atoms with Crippen LogP contribution in [-0.2, 0) is 16.9 Å². The summed E-state index contributed by atoms with van der Waals surface area (Å²) < 4.78 is 43.8. The predicted octanol–water partition coefficient (Wildman–Crippen LogP) is 2.20. The minimum atomic E-state index is -2.91. The second-order valence-electron chi connectivity index (χ2n) is 7.50. The molecular formula is C22H22N8O3. The second kappa shape index (κ2) is 8.10. The fourth-order valence-corrected chi connectivity index (χ4v) is 3.53. The highest BCUT2D eigenvalue weighted by Gasteiger charge is 2.48. The largest absolute Gasteiger partial charge is 0.373 e. The standard InChI is InChI=1S/C22H22N8O3/c1-3-30-13-14(12-24-30)25-21-23-9-7-17(27-21)15-5-4-6-16(26-15)18-11-19(33-28-18)22(32)8-10-29(2)20(22)31/h4-7,9,11-13,32H,3,8,10H2,1-2H3,(H,23,25,27)/t22-/m1/s1/i1D3,3D2. The third-order valence-corrected chi connectivity index (χ3v) is 5.31.